The largest absolute Gasteiger partial charge is 0.493 e. The topological polar surface area (TPSA) is 34.0 Å². The fourth-order valence-electron chi connectivity index (χ4n) is 2.11. The summed E-state index contributed by atoms with van der Waals surface area (Å²) in [6.45, 7) is 8.03. The number of nitrogens with zero attached hydrogens (tertiary/aromatic N) is 2. The third-order valence-corrected chi connectivity index (χ3v) is 4.13. The Morgan fingerprint density at radius 2 is 2.00 bits per heavy atom. The van der Waals surface area contributed by atoms with Crippen molar-refractivity contribution in [1.29, 1.82) is 0 Å². The highest BCUT2D eigenvalue weighted by atomic mass is 28.2. The average molecular weight is 305 g/mol. The van der Waals surface area contributed by atoms with E-state index >= 15 is 0 Å². The van der Waals surface area contributed by atoms with E-state index < -0.39 is 0 Å². The van der Waals surface area contributed by atoms with Gasteiger partial charge in [0, 0.05) is 5.56 Å². The van der Waals surface area contributed by atoms with Gasteiger partial charge >= 0.3 is 0 Å². The van der Waals surface area contributed by atoms with Gasteiger partial charge in [-0.2, -0.15) is 5.11 Å². The van der Waals surface area contributed by atoms with Crippen LogP contribution in [0.5, 0.6) is 5.75 Å². The maximum absolute atomic E-state index is 6.04. The number of hydrogen-bond donors (Lipinski definition) is 0. The van der Waals surface area contributed by atoms with Gasteiger partial charge in [-0.15, -0.1) is 0 Å². The van der Waals surface area contributed by atoms with Gasteiger partial charge in [0.15, 0.2) is 0 Å². The van der Waals surface area contributed by atoms with Crippen LogP contribution in [0.4, 0.5) is 0 Å². The second kappa shape index (κ2) is 11.5. The van der Waals surface area contributed by atoms with Crippen LogP contribution in [0.15, 0.2) is 34.2 Å². The van der Waals surface area contributed by atoms with Gasteiger partial charge in [-0.3, -0.25) is 0 Å². The monoisotopic (exact) mass is 304 g/mol. The molecule has 0 heterocycles. The van der Waals surface area contributed by atoms with E-state index in [1.54, 1.807) is 0 Å². The number of unbranched alkanes of at least 4 members (excludes halogenated alkanes) is 1. The zero-order chi connectivity index (χ0) is 15.3. The summed E-state index contributed by atoms with van der Waals surface area (Å²) in [7, 11) is 0.577. The predicted molar refractivity (Wildman–Crippen MR) is 90.0 cm³/mol. The highest BCUT2D eigenvalue weighted by molar-refractivity contribution is 6.32. The number of para-hydroxylation sites is 1. The van der Waals surface area contributed by atoms with Crippen LogP contribution in [0, 0.1) is 5.92 Å². The van der Waals surface area contributed by atoms with Crippen molar-refractivity contribution in [2.75, 3.05) is 6.61 Å². The SMILES string of the molecule is CCCCC(CC)COc1ccccc1CN=N[Si]CC. The molecule has 3 nitrogen and oxygen atoms in total. The van der Waals surface area contributed by atoms with E-state index in [4.69, 9.17) is 4.74 Å². The zero-order valence-electron chi connectivity index (χ0n) is 13.6. The molecular formula is C17H28N2OSi. The third-order valence-electron chi connectivity index (χ3n) is 3.53. The molecule has 116 valence electrons. The molecule has 1 atom stereocenters. The number of rotatable bonds is 11. The molecule has 1 aromatic carbocycles. The Labute approximate surface area is 132 Å². The third kappa shape index (κ3) is 7.41. The molecule has 1 rings (SSSR count). The van der Waals surface area contributed by atoms with Crippen LogP contribution in [-0.2, 0) is 6.54 Å². The van der Waals surface area contributed by atoms with Gasteiger partial charge in [-0.05, 0) is 24.4 Å². The van der Waals surface area contributed by atoms with Crippen LogP contribution in [0.1, 0.15) is 52.0 Å². The zero-order valence-corrected chi connectivity index (χ0v) is 14.6. The summed E-state index contributed by atoms with van der Waals surface area (Å²) in [5, 5.41) is 4.25. The van der Waals surface area contributed by atoms with Crippen LogP contribution in [-0.4, -0.2) is 16.3 Å². The summed E-state index contributed by atoms with van der Waals surface area (Å²) in [6, 6.07) is 9.25. The quantitative estimate of drug-likeness (QED) is 0.404. The van der Waals surface area contributed by atoms with Crippen molar-refractivity contribution in [2.24, 2.45) is 15.8 Å². The minimum atomic E-state index is 0.577. The summed E-state index contributed by atoms with van der Waals surface area (Å²) in [4.78, 5) is 0. The Hall–Kier alpha value is -1.16. The predicted octanol–water partition coefficient (Wildman–Crippen LogP) is 5.29. The van der Waals surface area contributed by atoms with E-state index in [9.17, 15) is 0 Å². The second-order valence-corrected chi connectivity index (χ2v) is 6.47. The Morgan fingerprint density at radius 3 is 2.71 bits per heavy atom. The Bertz CT molecular complexity index is 410. The molecule has 0 amide bonds. The number of hydrogen-bond acceptors (Lipinski definition) is 3. The van der Waals surface area contributed by atoms with Crippen molar-refractivity contribution >= 4 is 9.68 Å². The molecule has 4 heteroatoms. The lowest BCUT2D eigenvalue weighted by atomic mass is 10.0. The summed E-state index contributed by atoms with van der Waals surface area (Å²) in [6.07, 6.45) is 4.98. The number of ether oxygens (including phenoxy) is 1. The molecule has 2 radical (unpaired) electrons. The van der Waals surface area contributed by atoms with Crippen molar-refractivity contribution in [3.05, 3.63) is 29.8 Å². The molecule has 0 aliphatic carbocycles. The molecule has 0 spiro atoms. The maximum Gasteiger partial charge on any atom is 0.241 e. The smallest absolute Gasteiger partial charge is 0.241 e. The van der Waals surface area contributed by atoms with Gasteiger partial charge in [-0.1, -0.05) is 58.2 Å². The van der Waals surface area contributed by atoms with Gasteiger partial charge in [0.05, 0.1) is 13.2 Å². The van der Waals surface area contributed by atoms with Crippen molar-refractivity contribution in [2.45, 2.75) is 59.0 Å². The molecule has 0 bridgehead atoms. The van der Waals surface area contributed by atoms with Crippen LogP contribution >= 0.6 is 0 Å². The van der Waals surface area contributed by atoms with Gasteiger partial charge < -0.3 is 4.74 Å². The lowest BCUT2D eigenvalue weighted by molar-refractivity contribution is 0.231. The van der Waals surface area contributed by atoms with Gasteiger partial charge in [-0.25, -0.2) is 4.78 Å². The molecule has 0 saturated carbocycles. The van der Waals surface area contributed by atoms with E-state index in [1.807, 2.05) is 18.2 Å². The molecule has 1 aromatic rings. The first-order valence-corrected chi connectivity index (χ1v) is 9.27. The first kappa shape index (κ1) is 17.9. The molecule has 0 aliphatic rings. The lowest BCUT2D eigenvalue weighted by Crippen LogP contribution is -2.12. The molecule has 21 heavy (non-hydrogen) atoms. The average Bonchev–Trinajstić information content (AvgIpc) is 2.53. The minimum Gasteiger partial charge on any atom is -0.493 e. The Morgan fingerprint density at radius 1 is 1.19 bits per heavy atom. The van der Waals surface area contributed by atoms with Crippen LogP contribution in [0.25, 0.3) is 0 Å². The van der Waals surface area contributed by atoms with Crippen LogP contribution in [0.3, 0.4) is 0 Å². The van der Waals surface area contributed by atoms with Gasteiger partial charge in [0.2, 0.25) is 9.68 Å². The molecule has 1 unspecified atom stereocenters. The van der Waals surface area contributed by atoms with Crippen molar-refractivity contribution < 1.29 is 4.74 Å². The number of benzene rings is 1. The summed E-state index contributed by atoms with van der Waals surface area (Å²) in [5.74, 6) is 1.62. The summed E-state index contributed by atoms with van der Waals surface area (Å²) < 4.78 is 10.2. The fourth-order valence-corrected chi connectivity index (χ4v) is 2.43. The molecule has 0 fully saturated rings. The minimum absolute atomic E-state index is 0.577. The van der Waals surface area contributed by atoms with Gasteiger partial charge in [0.25, 0.3) is 0 Å². The summed E-state index contributed by atoms with van der Waals surface area (Å²) in [5.41, 5.74) is 1.13. The van der Waals surface area contributed by atoms with Gasteiger partial charge in [0.1, 0.15) is 5.75 Å². The van der Waals surface area contributed by atoms with E-state index in [1.165, 1.54) is 25.7 Å². The van der Waals surface area contributed by atoms with E-state index in [-0.39, 0.29) is 0 Å². The lowest BCUT2D eigenvalue weighted by Gasteiger charge is -2.17. The highest BCUT2D eigenvalue weighted by Gasteiger charge is 2.09. The molecule has 0 N–H and O–H groups in total. The van der Waals surface area contributed by atoms with E-state index in [0.717, 1.165) is 24.0 Å². The molecule has 0 aromatic heterocycles. The van der Waals surface area contributed by atoms with E-state index in [2.05, 4.69) is 36.7 Å². The molecule has 0 aliphatic heterocycles. The molecular weight excluding hydrogens is 276 g/mol. The maximum atomic E-state index is 6.04. The van der Waals surface area contributed by atoms with Crippen molar-refractivity contribution in [1.82, 2.24) is 0 Å². The Kier molecular flexibility index (Phi) is 9.79. The van der Waals surface area contributed by atoms with Crippen molar-refractivity contribution in [3.8, 4) is 5.75 Å². The van der Waals surface area contributed by atoms with E-state index in [0.29, 0.717) is 22.1 Å². The fraction of sp³-hybridized carbons (Fsp3) is 0.647. The van der Waals surface area contributed by atoms with Crippen LogP contribution in [0.2, 0.25) is 6.04 Å². The van der Waals surface area contributed by atoms with Crippen LogP contribution < -0.4 is 4.74 Å². The normalized spacial score (nSPS) is 12.7. The Balaban J connectivity index is 2.53. The standard InChI is InChI=1S/C17H28N2OSi/c1-4-7-10-15(5-2)14-20-17-12-9-8-11-16(17)13-18-19-21-6-3/h8-9,11-12,15H,4-7,10,13-14H2,1-3H3. The molecule has 0 saturated heterocycles. The highest BCUT2D eigenvalue weighted by Crippen LogP contribution is 2.21. The summed E-state index contributed by atoms with van der Waals surface area (Å²) >= 11 is 0. The first-order valence-electron chi connectivity index (χ1n) is 8.11. The first-order chi connectivity index (χ1) is 10.3. The second-order valence-electron chi connectivity index (χ2n) is 5.25. The van der Waals surface area contributed by atoms with Crippen molar-refractivity contribution in [3.63, 3.8) is 0 Å².